The zero-order valence-corrected chi connectivity index (χ0v) is 22.9. The Bertz CT molecular complexity index is 1320. The van der Waals surface area contributed by atoms with Crippen LogP contribution in [0.4, 0.5) is 10.2 Å². The molecule has 2 aromatic heterocycles. The molecular formula is C26H27ClFIN4O3. The van der Waals surface area contributed by atoms with Crippen LogP contribution < -0.4 is 5.32 Å². The lowest BCUT2D eigenvalue weighted by Gasteiger charge is -2.43. The van der Waals surface area contributed by atoms with Crippen LogP contribution in [0, 0.1) is 14.8 Å². The van der Waals surface area contributed by atoms with Gasteiger partial charge in [0.25, 0.3) is 5.91 Å². The Morgan fingerprint density at radius 1 is 1.25 bits per heavy atom. The highest BCUT2D eigenvalue weighted by Crippen LogP contribution is 2.38. The second-order valence-corrected chi connectivity index (χ2v) is 11.5. The molecule has 10 heteroatoms. The third kappa shape index (κ3) is 4.85. The van der Waals surface area contributed by atoms with Crippen molar-refractivity contribution < 1.29 is 19.0 Å². The summed E-state index contributed by atoms with van der Waals surface area (Å²) in [5.74, 6) is 0.189. The number of carbonyl (C=O) groups is 1. The highest BCUT2D eigenvalue weighted by Gasteiger charge is 2.45. The first-order valence-electron chi connectivity index (χ1n) is 11.8. The zero-order chi connectivity index (χ0) is 25.6. The maximum atomic E-state index is 14.4. The molecule has 1 saturated heterocycles. The van der Waals surface area contributed by atoms with Crippen LogP contribution in [-0.4, -0.2) is 51.3 Å². The Balaban J connectivity index is 1.53. The number of pyridine rings is 1. The van der Waals surface area contributed by atoms with E-state index in [0.29, 0.717) is 57.5 Å². The predicted octanol–water partition coefficient (Wildman–Crippen LogP) is 4.93. The number of nitrogens with zero attached hydrogens (tertiary/aromatic N) is 3. The van der Waals surface area contributed by atoms with Gasteiger partial charge in [-0.1, -0.05) is 11.6 Å². The van der Waals surface area contributed by atoms with Crippen molar-refractivity contribution in [3.63, 3.8) is 0 Å². The molecule has 2 aliphatic heterocycles. The molecule has 2 aliphatic rings. The quantitative estimate of drug-likeness (QED) is 0.381. The maximum absolute atomic E-state index is 14.4. The van der Waals surface area contributed by atoms with Crippen molar-refractivity contribution in [2.75, 3.05) is 25.1 Å². The maximum Gasteiger partial charge on any atom is 0.270 e. The SMILES string of the molecule is CC(C)Nc1cc(-c2cc3n(c2)CC2(COC2)CN(Cc2cc(F)c(I)cc2CO)C3=O)c(Cl)cn1. The molecule has 0 aliphatic carbocycles. The van der Waals surface area contributed by atoms with Crippen molar-refractivity contribution >= 4 is 45.9 Å². The number of hydrogen-bond donors (Lipinski definition) is 2. The van der Waals surface area contributed by atoms with E-state index in [2.05, 4.69) is 10.3 Å². The molecule has 1 aromatic carbocycles. The second-order valence-electron chi connectivity index (χ2n) is 9.94. The standard InChI is InChI=1S/C26H27ClFIN4O3/c1-15(2)31-24-6-19(20(27)7-30-24)17-5-23-25(35)33(12-26(13-36-14-26)11-32(23)9-17)8-16-3-21(28)22(29)4-18(16)10-34/h3-7,9,15,34H,8,10-14H2,1-2H3,(H,30,31). The van der Waals surface area contributed by atoms with Crippen molar-refractivity contribution in [2.45, 2.75) is 39.6 Å². The molecular weight excluding hydrogens is 598 g/mol. The Morgan fingerprint density at radius 2 is 2.03 bits per heavy atom. The molecule has 1 amide bonds. The molecule has 3 aromatic rings. The fraction of sp³-hybridized carbons (Fsp3) is 0.385. The number of fused-ring (bicyclic) bond motifs is 1. The minimum atomic E-state index is -0.365. The van der Waals surface area contributed by atoms with Crippen LogP contribution in [-0.2, 0) is 24.4 Å². The Kier molecular flexibility index (Phi) is 7.01. The van der Waals surface area contributed by atoms with E-state index in [9.17, 15) is 14.3 Å². The molecule has 0 atom stereocenters. The van der Waals surface area contributed by atoms with Gasteiger partial charge in [-0.25, -0.2) is 9.37 Å². The van der Waals surface area contributed by atoms with Crippen LogP contribution in [0.3, 0.4) is 0 Å². The molecule has 0 saturated carbocycles. The van der Waals surface area contributed by atoms with Crippen LogP contribution in [0.2, 0.25) is 5.02 Å². The van der Waals surface area contributed by atoms with Gasteiger partial charge in [-0.3, -0.25) is 4.79 Å². The van der Waals surface area contributed by atoms with E-state index in [0.717, 1.165) is 11.1 Å². The number of carbonyl (C=O) groups excluding carboxylic acids is 1. The van der Waals surface area contributed by atoms with Gasteiger partial charge in [-0.15, -0.1) is 0 Å². The molecule has 190 valence electrons. The van der Waals surface area contributed by atoms with Crippen LogP contribution in [0.5, 0.6) is 0 Å². The van der Waals surface area contributed by atoms with Crippen molar-refractivity contribution in [3.05, 3.63) is 67.9 Å². The monoisotopic (exact) mass is 624 g/mol. The number of rotatable bonds is 6. The van der Waals surface area contributed by atoms with E-state index < -0.39 is 0 Å². The summed E-state index contributed by atoms with van der Waals surface area (Å²) in [6.07, 6.45) is 3.57. The largest absolute Gasteiger partial charge is 0.392 e. The van der Waals surface area contributed by atoms with E-state index in [1.54, 1.807) is 17.2 Å². The molecule has 4 heterocycles. The summed E-state index contributed by atoms with van der Waals surface area (Å²) in [4.78, 5) is 19.9. The third-order valence-corrected chi connectivity index (χ3v) is 7.76. The number of halogens is 3. The van der Waals surface area contributed by atoms with E-state index in [-0.39, 0.29) is 36.3 Å². The van der Waals surface area contributed by atoms with Gasteiger partial charge in [0.05, 0.1) is 30.3 Å². The van der Waals surface area contributed by atoms with Crippen molar-refractivity contribution in [1.82, 2.24) is 14.5 Å². The number of aliphatic hydroxyl groups is 1. The number of nitrogens with one attached hydrogen (secondary N) is 1. The average Bonchev–Trinajstić information content (AvgIpc) is 3.18. The minimum Gasteiger partial charge on any atom is -0.392 e. The first kappa shape index (κ1) is 25.4. The molecule has 2 N–H and O–H groups in total. The second kappa shape index (κ2) is 9.92. The number of aliphatic hydroxyl groups excluding tert-OH is 1. The number of benzene rings is 1. The fourth-order valence-electron chi connectivity index (χ4n) is 4.88. The summed E-state index contributed by atoms with van der Waals surface area (Å²) in [6, 6.07) is 7.01. The van der Waals surface area contributed by atoms with Crippen molar-refractivity contribution in [1.29, 1.82) is 0 Å². The molecule has 0 bridgehead atoms. The number of amides is 1. The highest BCUT2D eigenvalue weighted by atomic mass is 127. The first-order valence-corrected chi connectivity index (χ1v) is 13.2. The molecule has 0 unspecified atom stereocenters. The van der Waals surface area contributed by atoms with E-state index in [1.165, 1.54) is 6.07 Å². The highest BCUT2D eigenvalue weighted by molar-refractivity contribution is 14.1. The summed E-state index contributed by atoms with van der Waals surface area (Å²) < 4.78 is 22.4. The van der Waals surface area contributed by atoms with Crippen LogP contribution in [0.25, 0.3) is 11.1 Å². The van der Waals surface area contributed by atoms with E-state index in [4.69, 9.17) is 16.3 Å². The minimum absolute atomic E-state index is 0.154. The fourth-order valence-corrected chi connectivity index (χ4v) is 5.63. The number of anilines is 1. The van der Waals surface area contributed by atoms with Gasteiger partial charge in [0.2, 0.25) is 0 Å². The van der Waals surface area contributed by atoms with Crippen LogP contribution in [0.1, 0.15) is 35.5 Å². The summed E-state index contributed by atoms with van der Waals surface area (Å²) in [6.45, 7) is 6.22. The third-order valence-electron chi connectivity index (χ3n) is 6.63. The van der Waals surface area contributed by atoms with E-state index in [1.807, 2.05) is 59.3 Å². The van der Waals surface area contributed by atoms with E-state index >= 15 is 0 Å². The van der Waals surface area contributed by atoms with Gasteiger partial charge in [-0.05, 0) is 71.8 Å². The Hall–Kier alpha value is -2.21. The molecule has 5 rings (SSSR count). The predicted molar refractivity (Wildman–Crippen MR) is 144 cm³/mol. The smallest absolute Gasteiger partial charge is 0.270 e. The molecule has 7 nitrogen and oxygen atoms in total. The normalized spacial score (nSPS) is 16.8. The number of aromatic nitrogens is 2. The van der Waals surface area contributed by atoms with Crippen molar-refractivity contribution in [3.8, 4) is 11.1 Å². The van der Waals surface area contributed by atoms with Crippen LogP contribution >= 0.6 is 34.2 Å². The lowest BCUT2D eigenvalue weighted by molar-refractivity contribution is -0.129. The van der Waals surface area contributed by atoms with Gasteiger partial charge >= 0.3 is 0 Å². The Morgan fingerprint density at radius 3 is 2.69 bits per heavy atom. The average molecular weight is 625 g/mol. The molecule has 36 heavy (non-hydrogen) atoms. The van der Waals surface area contributed by atoms with Gasteiger partial charge in [0.15, 0.2) is 0 Å². The summed E-state index contributed by atoms with van der Waals surface area (Å²) in [7, 11) is 0. The summed E-state index contributed by atoms with van der Waals surface area (Å²) >= 11 is 8.42. The van der Waals surface area contributed by atoms with Crippen LogP contribution in [0.15, 0.2) is 36.7 Å². The van der Waals surface area contributed by atoms with Gasteiger partial charge in [0.1, 0.15) is 17.3 Å². The zero-order valence-electron chi connectivity index (χ0n) is 20.0. The lowest BCUT2D eigenvalue weighted by Crippen LogP contribution is -2.52. The molecule has 0 radical (unpaired) electrons. The van der Waals surface area contributed by atoms with Gasteiger partial charge in [-0.2, -0.15) is 0 Å². The summed E-state index contributed by atoms with van der Waals surface area (Å²) in [5, 5.41) is 13.6. The number of ether oxygens (including phenoxy) is 1. The van der Waals surface area contributed by atoms with Gasteiger partial charge < -0.3 is 24.6 Å². The Labute approximate surface area is 227 Å². The van der Waals surface area contributed by atoms with Crippen molar-refractivity contribution in [2.24, 2.45) is 5.41 Å². The first-order chi connectivity index (χ1) is 17.2. The molecule has 1 fully saturated rings. The molecule has 1 spiro atoms. The summed E-state index contributed by atoms with van der Waals surface area (Å²) in [5.41, 5.74) is 3.13. The topological polar surface area (TPSA) is 79.6 Å². The lowest BCUT2D eigenvalue weighted by atomic mass is 9.85. The number of hydrogen-bond acceptors (Lipinski definition) is 5. The van der Waals surface area contributed by atoms with Gasteiger partial charge in [0, 0.05) is 52.8 Å².